The van der Waals surface area contributed by atoms with E-state index in [2.05, 4.69) is 13.8 Å². The third-order valence-corrected chi connectivity index (χ3v) is 1.98. The molecule has 0 aliphatic carbocycles. The van der Waals surface area contributed by atoms with E-state index < -0.39 is 0 Å². The third kappa shape index (κ3) is 4.82. The highest BCUT2D eigenvalue weighted by molar-refractivity contribution is 5.79. The quantitative estimate of drug-likeness (QED) is 0.450. The standard InChI is InChI=1S/C9H20N2/c1-3-5-7-8(6-4-2)9(10)11/h8H,3-7H2,1-2H3,(H3,10,11). The van der Waals surface area contributed by atoms with Gasteiger partial charge in [-0.1, -0.05) is 33.1 Å². The maximum absolute atomic E-state index is 7.31. The molecule has 1 atom stereocenters. The third-order valence-electron chi connectivity index (χ3n) is 1.98. The van der Waals surface area contributed by atoms with Crippen LogP contribution in [-0.4, -0.2) is 5.84 Å². The molecular weight excluding hydrogens is 136 g/mol. The normalized spacial score (nSPS) is 12.9. The Hall–Kier alpha value is -0.530. The van der Waals surface area contributed by atoms with Crippen LogP contribution < -0.4 is 5.73 Å². The maximum atomic E-state index is 7.31. The average molecular weight is 156 g/mol. The summed E-state index contributed by atoms with van der Waals surface area (Å²) in [7, 11) is 0. The summed E-state index contributed by atoms with van der Waals surface area (Å²) in [6.07, 6.45) is 5.71. The summed E-state index contributed by atoms with van der Waals surface area (Å²) < 4.78 is 0. The van der Waals surface area contributed by atoms with Gasteiger partial charge in [-0.25, -0.2) is 0 Å². The summed E-state index contributed by atoms with van der Waals surface area (Å²) in [6.45, 7) is 4.31. The van der Waals surface area contributed by atoms with E-state index in [1.165, 1.54) is 12.8 Å². The van der Waals surface area contributed by atoms with Crippen LogP contribution in [0.3, 0.4) is 0 Å². The Morgan fingerprint density at radius 1 is 1.27 bits per heavy atom. The van der Waals surface area contributed by atoms with E-state index in [9.17, 15) is 0 Å². The molecule has 0 aromatic heterocycles. The van der Waals surface area contributed by atoms with Gasteiger partial charge in [0.2, 0.25) is 0 Å². The molecular formula is C9H20N2. The van der Waals surface area contributed by atoms with E-state index in [4.69, 9.17) is 11.1 Å². The van der Waals surface area contributed by atoms with E-state index in [-0.39, 0.29) is 0 Å². The van der Waals surface area contributed by atoms with Gasteiger partial charge in [-0.2, -0.15) is 0 Å². The summed E-state index contributed by atoms with van der Waals surface area (Å²) >= 11 is 0. The number of hydrogen-bond donors (Lipinski definition) is 2. The molecule has 0 saturated carbocycles. The fraction of sp³-hybridized carbons (Fsp3) is 0.889. The van der Waals surface area contributed by atoms with Crippen molar-refractivity contribution < 1.29 is 0 Å². The molecule has 0 rings (SSSR count). The minimum atomic E-state index is 0.347. The topological polar surface area (TPSA) is 49.9 Å². The zero-order valence-electron chi connectivity index (χ0n) is 7.69. The minimum Gasteiger partial charge on any atom is -0.387 e. The van der Waals surface area contributed by atoms with Gasteiger partial charge in [0.25, 0.3) is 0 Å². The van der Waals surface area contributed by atoms with Crippen molar-refractivity contribution in [3.8, 4) is 0 Å². The van der Waals surface area contributed by atoms with E-state index in [1.807, 2.05) is 0 Å². The number of rotatable bonds is 6. The molecule has 0 aromatic carbocycles. The van der Waals surface area contributed by atoms with Crippen LogP contribution in [0, 0.1) is 11.3 Å². The van der Waals surface area contributed by atoms with E-state index in [0.29, 0.717) is 11.8 Å². The molecule has 0 heterocycles. The van der Waals surface area contributed by atoms with Crippen LogP contribution in [-0.2, 0) is 0 Å². The highest BCUT2D eigenvalue weighted by Crippen LogP contribution is 2.13. The Morgan fingerprint density at radius 2 is 1.91 bits per heavy atom. The van der Waals surface area contributed by atoms with Crippen LogP contribution in [0.5, 0.6) is 0 Å². The Bertz CT molecular complexity index is 110. The van der Waals surface area contributed by atoms with Crippen molar-refractivity contribution in [3.05, 3.63) is 0 Å². The lowest BCUT2D eigenvalue weighted by atomic mass is 9.96. The predicted molar refractivity (Wildman–Crippen MR) is 49.8 cm³/mol. The molecule has 0 aliphatic rings. The first-order chi connectivity index (χ1) is 5.22. The monoisotopic (exact) mass is 156 g/mol. The zero-order chi connectivity index (χ0) is 8.69. The Balaban J connectivity index is 3.60. The molecule has 0 fully saturated rings. The van der Waals surface area contributed by atoms with Crippen molar-refractivity contribution in [2.24, 2.45) is 11.7 Å². The number of nitrogens with one attached hydrogen (secondary N) is 1. The minimum absolute atomic E-state index is 0.347. The fourth-order valence-electron chi connectivity index (χ4n) is 1.25. The van der Waals surface area contributed by atoms with Gasteiger partial charge in [-0.3, -0.25) is 5.41 Å². The second kappa shape index (κ2) is 6.20. The Labute approximate surface area is 69.7 Å². The van der Waals surface area contributed by atoms with Gasteiger partial charge in [-0.15, -0.1) is 0 Å². The molecule has 0 bridgehead atoms. The van der Waals surface area contributed by atoms with Crippen LogP contribution in [0.4, 0.5) is 0 Å². The molecule has 66 valence electrons. The van der Waals surface area contributed by atoms with Crippen molar-refractivity contribution in [1.29, 1.82) is 5.41 Å². The second-order valence-corrected chi connectivity index (χ2v) is 3.08. The SMILES string of the molecule is CCCCC(CCC)C(=N)N. The molecule has 0 radical (unpaired) electrons. The van der Waals surface area contributed by atoms with Crippen molar-refractivity contribution in [3.63, 3.8) is 0 Å². The molecule has 3 N–H and O–H groups in total. The van der Waals surface area contributed by atoms with Crippen LogP contribution in [0.1, 0.15) is 46.0 Å². The molecule has 11 heavy (non-hydrogen) atoms. The molecule has 2 nitrogen and oxygen atoms in total. The summed E-state index contributed by atoms with van der Waals surface area (Å²) in [5.41, 5.74) is 5.45. The lowest BCUT2D eigenvalue weighted by molar-refractivity contribution is 0.533. The molecule has 2 heteroatoms. The van der Waals surface area contributed by atoms with Gasteiger partial charge >= 0.3 is 0 Å². The highest BCUT2D eigenvalue weighted by atomic mass is 14.7. The summed E-state index contributed by atoms with van der Waals surface area (Å²) in [4.78, 5) is 0. The van der Waals surface area contributed by atoms with Crippen LogP contribution in [0.2, 0.25) is 0 Å². The summed E-state index contributed by atoms with van der Waals surface area (Å²) in [6, 6.07) is 0. The number of nitrogens with two attached hydrogens (primary N) is 1. The van der Waals surface area contributed by atoms with Crippen LogP contribution in [0.15, 0.2) is 0 Å². The highest BCUT2D eigenvalue weighted by Gasteiger charge is 2.09. The van der Waals surface area contributed by atoms with Crippen molar-refractivity contribution in [2.45, 2.75) is 46.0 Å². The first kappa shape index (κ1) is 10.5. The molecule has 0 aliphatic heterocycles. The number of unbranched alkanes of at least 4 members (excludes halogenated alkanes) is 1. The van der Waals surface area contributed by atoms with Gasteiger partial charge < -0.3 is 5.73 Å². The van der Waals surface area contributed by atoms with Crippen molar-refractivity contribution in [2.75, 3.05) is 0 Å². The molecule has 0 spiro atoms. The molecule has 1 unspecified atom stereocenters. The first-order valence-electron chi connectivity index (χ1n) is 4.56. The molecule has 0 aromatic rings. The first-order valence-corrected chi connectivity index (χ1v) is 4.56. The van der Waals surface area contributed by atoms with E-state index >= 15 is 0 Å². The lowest BCUT2D eigenvalue weighted by Gasteiger charge is -2.12. The molecule has 0 amide bonds. The van der Waals surface area contributed by atoms with Crippen LogP contribution >= 0.6 is 0 Å². The smallest absolute Gasteiger partial charge is 0.0936 e. The summed E-state index contributed by atoms with van der Waals surface area (Å²) in [5.74, 6) is 0.722. The van der Waals surface area contributed by atoms with Gasteiger partial charge in [0.15, 0.2) is 0 Å². The van der Waals surface area contributed by atoms with E-state index in [1.54, 1.807) is 0 Å². The largest absolute Gasteiger partial charge is 0.387 e. The summed E-state index contributed by atoms with van der Waals surface area (Å²) in [5, 5.41) is 7.31. The lowest BCUT2D eigenvalue weighted by Crippen LogP contribution is -2.22. The fourth-order valence-corrected chi connectivity index (χ4v) is 1.25. The number of amidine groups is 1. The van der Waals surface area contributed by atoms with E-state index in [0.717, 1.165) is 19.3 Å². The van der Waals surface area contributed by atoms with Crippen LogP contribution in [0.25, 0.3) is 0 Å². The predicted octanol–water partition coefficient (Wildman–Crippen LogP) is 2.53. The molecule has 0 saturated heterocycles. The van der Waals surface area contributed by atoms with Crippen molar-refractivity contribution in [1.82, 2.24) is 0 Å². The average Bonchev–Trinajstić information content (AvgIpc) is 1.97. The van der Waals surface area contributed by atoms with Gasteiger partial charge in [0.05, 0.1) is 5.84 Å². The maximum Gasteiger partial charge on any atom is 0.0936 e. The van der Waals surface area contributed by atoms with Gasteiger partial charge in [-0.05, 0) is 12.8 Å². The second-order valence-electron chi connectivity index (χ2n) is 3.08. The van der Waals surface area contributed by atoms with Crippen molar-refractivity contribution >= 4 is 5.84 Å². The van der Waals surface area contributed by atoms with Gasteiger partial charge in [0.1, 0.15) is 0 Å². The number of hydrogen-bond acceptors (Lipinski definition) is 1. The van der Waals surface area contributed by atoms with Gasteiger partial charge in [0, 0.05) is 5.92 Å². The Morgan fingerprint density at radius 3 is 2.27 bits per heavy atom. The Kier molecular flexibility index (Phi) is 5.90. The zero-order valence-corrected chi connectivity index (χ0v) is 7.69.